The average Bonchev–Trinajstić information content (AvgIpc) is 2.08. The van der Waals surface area contributed by atoms with Crippen LogP contribution in [0, 0.1) is 6.92 Å². The Morgan fingerprint density at radius 1 is 1.55 bits per heavy atom. The molecule has 0 radical (unpaired) electrons. The van der Waals surface area contributed by atoms with Crippen molar-refractivity contribution in [2.45, 2.75) is 11.9 Å². The Kier molecular flexibility index (Phi) is 1.69. The predicted molar refractivity (Wildman–Crippen MR) is 37.1 cm³/mol. The van der Waals surface area contributed by atoms with E-state index in [9.17, 15) is 8.42 Å². The van der Waals surface area contributed by atoms with E-state index >= 15 is 0 Å². The van der Waals surface area contributed by atoms with E-state index in [2.05, 4.69) is 10.3 Å². The average molecular weight is 176 g/mol. The monoisotopic (exact) mass is 176 g/mol. The molecule has 1 aromatic rings. The van der Waals surface area contributed by atoms with Crippen LogP contribution in [0.1, 0.15) is 5.69 Å². The maximum absolute atomic E-state index is 10.8. The second kappa shape index (κ2) is 2.28. The zero-order chi connectivity index (χ0) is 8.65. The molecule has 0 amide bonds. The van der Waals surface area contributed by atoms with E-state index in [0.29, 0.717) is 5.69 Å². The van der Waals surface area contributed by atoms with Gasteiger partial charge in [-0.25, -0.2) is 18.2 Å². The fourth-order valence-electron chi connectivity index (χ4n) is 0.842. The molecule has 6 nitrogen and oxygen atoms in total. The van der Waals surface area contributed by atoms with Crippen LogP contribution in [0.3, 0.4) is 0 Å². The van der Waals surface area contributed by atoms with Gasteiger partial charge in [0.25, 0.3) is 10.0 Å². The van der Waals surface area contributed by atoms with Gasteiger partial charge in [0.1, 0.15) is 5.69 Å². The summed E-state index contributed by atoms with van der Waals surface area (Å²) < 4.78 is 22.8. The first-order valence-electron chi connectivity index (χ1n) is 2.82. The predicted octanol–water partition coefficient (Wildman–Crippen LogP) is -1.23. The molecule has 0 spiro atoms. The Hall–Kier alpha value is -0.950. The minimum atomic E-state index is -3.68. The fraction of sp³-hybridized carbons (Fsp3) is 0.500. The van der Waals surface area contributed by atoms with Crippen LogP contribution in [0.15, 0.2) is 5.03 Å². The summed E-state index contributed by atoms with van der Waals surface area (Å²) in [5, 5.41) is 11.9. The van der Waals surface area contributed by atoms with E-state index in [0.717, 1.165) is 4.68 Å². The summed E-state index contributed by atoms with van der Waals surface area (Å²) in [4.78, 5) is 0. The van der Waals surface area contributed by atoms with Gasteiger partial charge in [0.15, 0.2) is 5.03 Å². The molecule has 0 aliphatic heterocycles. The molecule has 0 saturated carbocycles. The van der Waals surface area contributed by atoms with Crippen LogP contribution in [0.5, 0.6) is 0 Å². The normalized spacial score (nSPS) is 11.9. The Labute approximate surface area is 64.1 Å². The zero-order valence-electron chi connectivity index (χ0n) is 6.14. The Bertz CT molecular complexity index is 346. The van der Waals surface area contributed by atoms with Crippen LogP contribution >= 0.6 is 0 Å². The van der Waals surface area contributed by atoms with Gasteiger partial charge in [0.2, 0.25) is 0 Å². The highest BCUT2D eigenvalue weighted by Gasteiger charge is 2.17. The third-order valence-corrected chi connectivity index (χ3v) is 2.30. The highest BCUT2D eigenvalue weighted by Crippen LogP contribution is 2.06. The second-order valence-corrected chi connectivity index (χ2v) is 3.63. The zero-order valence-corrected chi connectivity index (χ0v) is 6.96. The topological polar surface area (TPSA) is 90.9 Å². The SMILES string of the molecule is Cc1nnn(C)c1S(N)(=O)=O. The van der Waals surface area contributed by atoms with E-state index in [1.807, 2.05) is 0 Å². The molecule has 0 aromatic carbocycles. The molecular weight excluding hydrogens is 168 g/mol. The molecule has 0 unspecified atom stereocenters. The molecule has 1 aromatic heterocycles. The van der Waals surface area contributed by atoms with Gasteiger partial charge in [-0.15, -0.1) is 5.10 Å². The second-order valence-electron chi connectivity index (χ2n) is 2.15. The minimum Gasteiger partial charge on any atom is -0.236 e. The van der Waals surface area contributed by atoms with Gasteiger partial charge in [-0.05, 0) is 6.92 Å². The van der Waals surface area contributed by atoms with Gasteiger partial charge in [-0.2, -0.15) is 0 Å². The van der Waals surface area contributed by atoms with Crippen molar-refractivity contribution < 1.29 is 8.42 Å². The van der Waals surface area contributed by atoms with Gasteiger partial charge in [-0.3, -0.25) is 0 Å². The van der Waals surface area contributed by atoms with Crippen molar-refractivity contribution in [1.82, 2.24) is 15.0 Å². The lowest BCUT2D eigenvalue weighted by Gasteiger charge is -1.96. The Morgan fingerprint density at radius 2 is 2.09 bits per heavy atom. The highest BCUT2D eigenvalue weighted by molar-refractivity contribution is 7.89. The molecule has 2 N–H and O–H groups in total. The van der Waals surface area contributed by atoms with E-state index in [1.54, 1.807) is 0 Å². The highest BCUT2D eigenvalue weighted by atomic mass is 32.2. The fourth-order valence-corrected chi connectivity index (χ4v) is 1.70. The summed E-state index contributed by atoms with van der Waals surface area (Å²) in [7, 11) is -2.21. The number of nitrogens with zero attached hydrogens (tertiary/aromatic N) is 3. The van der Waals surface area contributed by atoms with Crippen LogP contribution in [0.4, 0.5) is 0 Å². The summed E-state index contributed by atoms with van der Waals surface area (Å²) in [6, 6.07) is 0. The van der Waals surface area contributed by atoms with Crippen LogP contribution in [-0.4, -0.2) is 23.4 Å². The Morgan fingerprint density at radius 3 is 2.27 bits per heavy atom. The largest absolute Gasteiger partial charge is 0.257 e. The molecule has 0 bridgehead atoms. The number of aromatic nitrogens is 3. The lowest BCUT2D eigenvalue weighted by atomic mass is 10.6. The molecule has 0 aliphatic rings. The van der Waals surface area contributed by atoms with Crippen molar-refractivity contribution in [2.24, 2.45) is 12.2 Å². The number of rotatable bonds is 1. The van der Waals surface area contributed by atoms with Crippen LogP contribution in [0.25, 0.3) is 0 Å². The summed E-state index contributed by atoms with van der Waals surface area (Å²) in [6.07, 6.45) is 0. The van der Waals surface area contributed by atoms with E-state index in [1.165, 1.54) is 14.0 Å². The number of hydrogen-bond donors (Lipinski definition) is 1. The lowest BCUT2D eigenvalue weighted by molar-refractivity contribution is 0.575. The van der Waals surface area contributed by atoms with Crippen molar-refractivity contribution in [3.8, 4) is 0 Å². The maximum Gasteiger partial charge on any atom is 0.257 e. The smallest absolute Gasteiger partial charge is 0.236 e. The number of nitrogens with two attached hydrogens (primary N) is 1. The molecule has 1 rings (SSSR count). The molecule has 0 aliphatic carbocycles. The van der Waals surface area contributed by atoms with Crippen molar-refractivity contribution >= 4 is 10.0 Å². The summed E-state index contributed by atoms with van der Waals surface area (Å²) in [5.74, 6) is 0. The number of hydrogen-bond acceptors (Lipinski definition) is 4. The van der Waals surface area contributed by atoms with Crippen LogP contribution in [0.2, 0.25) is 0 Å². The summed E-state index contributed by atoms with van der Waals surface area (Å²) in [5.41, 5.74) is 0.315. The van der Waals surface area contributed by atoms with Crippen LogP contribution < -0.4 is 5.14 Å². The first kappa shape index (κ1) is 8.15. The molecule has 11 heavy (non-hydrogen) atoms. The molecule has 7 heteroatoms. The number of primary sulfonamides is 1. The number of sulfonamides is 1. The standard InChI is InChI=1S/C4H8N4O2S/c1-3-4(11(5,9)10)8(2)7-6-3/h1-2H3,(H2,5,9,10). The summed E-state index contributed by atoms with van der Waals surface area (Å²) in [6.45, 7) is 1.53. The molecule has 1 heterocycles. The first-order valence-corrected chi connectivity index (χ1v) is 4.36. The van der Waals surface area contributed by atoms with Crippen LogP contribution in [-0.2, 0) is 17.1 Å². The number of aryl methyl sites for hydroxylation is 2. The van der Waals surface area contributed by atoms with Gasteiger partial charge in [-0.1, -0.05) is 5.21 Å². The Balaban J connectivity index is 3.45. The maximum atomic E-state index is 10.8. The van der Waals surface area contributed by atoms with Gasteiger partial charge >= 0.3 is 0 Å². The van der Waals surface area contributed by atoms with Crippen molar-refractivity contribution in [3.05, 3.63) is 5.69 Å². The molecular formula is C4H8N4O2S. The molecule has 62 valence electrons. The van der Waals surface area contributed by atoms with Crippen molar-refractivity contribution in [1.29, 1.82) is 0 Å². The summed E-state index contributed by atoms with van der Waals surface area (Å²) >= 11 is 0. The molecule has 0 atom stereocenters. The first-order chi connectivity index (χ1) is 4.93. The van der Waals surface area contributed by atoms with Crippen molar-refractivity contribution in [2.75, 3.05) is 0 Å². The quantitative estimate of drug-likeness (QED) is 0.580. The van der Waals surface area contributed by atoms with Gasteiger partial charge in [0, 0.05) is 7.05 Å². The third kappa shape index (κ3) is 1.38. The molecule has 0 fully saturated rings. The molecule has 0 saturated heterocycles. The van der Waals surface area contributed by atoms with Gasteiger partial charge in [0.05, 0.1) is 0 Å². The lowest BCUT2D eigenvalue weighted by Crippen LogP contribution is -2.17. The van der Waals surface area contributed by atoms with Gasteiger partial charge < -0.3 is 0 Å². The third-order valence-electron chi connectivity index (χ3n) is 1.20. The van der Waals surface area contributed by atoms with Crippen molar-refractivity contribution in [3.63, 3.8) is 0 Å². The van der Waals surface area contributed by atoms with E-state index < -0.39 is 10.0 Å². The minimum absolute atomic E-state index is 0.0440. The van der Waals surface area contributed by atoms with E-state index in [4.69, 9.17) is 5.14 Å². The van der Waals surface area contributed by atoms with E-state index in [-0.39, 0.29) is 5.03 Å².